The number of hydrogen-bond donors (Lipinski definition) is 1. The standard InChI is InChI=1S/C33H37N3O4/c1-32(2,3)35-31(38)40-33(17-8-18-33)25-15-13-24(14-16-25)29-26(23-11-5-4-6-12-23)19-27-30(34-29)39-21-28(37)36(27)20-22-9-7-10-22/h4-6,11-16,19,22H,7-10,17-18,20-21H2,1-3H3,(H,35,38). The zero-order chi connectivity index (χ0) is 27.9. The Morgan fingerprint density at radius 2 is 1.77 bits per heavy atom. The van der Waals surface area contributed by atoms with E-state index >= 15 is 0 Å². The van der Waals surface area contributed by atoms with Crippen molar-refractivity contribution in [2.75, 3.05) is 18.1 Å². The summed E-state index contributed by atoms with van der Waals surface area (Å²) in [6.45, 7) is 6.55. The predicted octanol–water partition coefficient (Wildman–Crippen LogP) is 6.85. The third kappa shape index (κ3) is 5.17. The number of alkyl carbamates (subject to hydrolysis) is 1. The van der Waals surface area contributed by atoms with Crippen LogP contribution in [0.25, 0.3) is 22.4 Å². The lowest BCUT2D eigenvalue weighted by Crippen LogP contribution is -2.47. The molecule has 1 N–H and O–H groups in total. The van der Waals surface area contributed by atoms with Crippen LogP contribution in [-0.2, 0) is 15.1 Å². The molecule has 208 valence electrons. The van der Waals surface area contributed by atoms with Crippen molar-refractivity contribution < 1.29 is 19.1 Å². The monoisotopic (exact) mass is 539 g/mol. The summed E-state index contributed by atoms with van der Waals surface area (Å²) >= 11 is 0. The first kappa shape index (κ1) is 26.4. The Hall–Kier alpha value is -3.87. The highest BCUT2D eigenvalue weighted by molar-refractivity contribution is 5.99. The third-order valence-electron chi connectivity index (χ3n) is 8.25. The summed E-state index contributed by atoms with van der Waals surface area (Å²) in [4.78, 5) is 32.4. The minimum absolute atomic E-state index is 0.00622. The molecule has 0 atom stereocenters. The molecule has 40 heavy (non-hydrogen) atoms. The zero-order valence-corrected chi connectivity index (χ0v) is 23.5. The van der Waals surface area contributed by atoms with Crippen LogP contribution in [0.3, 0.4) is 0 Å². The number of ether oxygens (including phenoxy) is 2. The first-order valence-electron chi connectivity index (χ1n) is 14.4. The van der Waals surface area contributed by atoms with E-state index in [1.165, 1.54) is 6.42 Å². The Balaban J connectivity index is 1.35. The van der Waals surface area contributed by atoms with E-state index in [0.29, 0.717) is 18.3 Å². The Labute approximate surface area is 235 Å². The zero-order valence-electron chi connectivity index (χ0n) is 23.5. The Kier molecular flexibility index (Phi) is 6.77. The number of pyridine rings is 1. The van der Waals surface area contributed by atoms with Crippen molar-refractivity contribution in [3.05, 3.63) is 66.2 Å². The first-order chi connectivity index (χ1) is 19.2. The molecule has 1 aliphatic heterocycles. The topological polar surface area (TPSA) is 80.8 Å². The number of anilines is 1. The fraction of sp³-hybridized carbons (Fsp3) is 0.424. The molecule has 7 nitrogen and oxygen atoms in total. The summed E-state index contributed by atoms with van der Waals surface area (Å²) in [5, 5.41) is 2.92. The number of nitrogens with zero attached hydrogens (tertiary/aromatic N) is 2. The van der Waals surface area contributed by atoms with Crippen LogP contribution >= 0.6 is 0 Å². The maximum atomic E-state index is 12.9. The molecule has 6 rings (SSSR count). The lowest BCUT2D eigenvalue weighted by atomic mass is 9.74. The van der Waals surface area contributed by atoms with Gasteiger partial charge in [0.2, 0.25) is 5.88 Å². The lowest BCUT2D eigenvalue weighted by Gasteiger charge is -2.42. The van der Waals surface area contributed by atoms with E-state index in [-0.39, 0.29) is 18.1 Å². The van der Waals surface area contributed by atoms with E-state index in [2.05, 4.69) is 23.5 Å². The summed E-state index contributed by atoms with van der Waals surface area (Å²) in [6.07, 6.45) is 5.77. The van der Waals surface area contributed by atoms with Crippen molar-refractivity contribution in [1.29, 1.82) is 0 Å². The number of fused-ring (bicyclic) bond motifs is 1. The molecular weight excluding hydrogens is 502 g/mol. The van der Waals surface area contributed by atoms with Gasteiger partial charge in [-0.2, -0.15) is 0 Å². The summed E-state index contributed by atoms with van der Waals surface area (Å²) in [5.74, 6) is 1.02. The highest BCUT2D eigenvalue weighted by Crippen LogP contribution is 2.46. The van der Waals surface area contributed by atoms with Gasteiger partial charge >= 0.3 is 6.09 Å². The Morgan fingerprint density at radius 3 is 2.38 bits per heavy atom. The number of carbonyl (C=O) groups is 2. The van der Waals surface area contributed by atoms with Crippen molar-refractivity contribution in [3.63, 3.8) is 0 Å². The number of amides is 2. The molecule has 2 aromatic carbocycles. The molecule has 7 heteroatoms. The highest BCUT2D eigenvalue weighted by Gasteiger charge is 2.43. The maximum Gasteiger partial charge on any atom is 0.408 e. The molecule has 0 unspecified atom stereocenters. The number of hydrogen-bond acceptors (Lipinski definition) is 5. The summed E-state index contributed by atoms with van der Waals surface area (Å²) in [7, 11) is 0. The van der Waals surface area contributed by atoms with Crippen molar-refractivity contribution in [2.45, 2.75) is 70.4 Å². The van der Waals surface area contributed by atoms with E-state index in [1.807, 2.05) is 68.1 Å². The second-order valence-corrected chi connectivity index (χ2v) is 12.4. The second-order valence-electron chi connectivity index (χ2n) is 12.4. The largest absolute Gasteiger partial charge is 0.466 e. The van der Waals surface area contributed by atoms with Crippen LogP contribution in [0, 0.1) is 5.92 Å². The molecule has 1 aromatic heterocycles. The number of carbonyl (C=O) groups excluding carboxylic acids is 2. The molecule has 2 aliphatic carbocycles. The summed E-state index contributed by atoms with van der Waals surface area (Å²) < 4.78 is 11.9. The average molecular weight is 540 g/mol. The minimum Gasteiger partial charge on any atom is -0.466 e. The maximum absolute atomic E-state index is 12.9. The van der Waals surface area contributed by atoms with Gasteiger partial charge in [-0.15, -0.1) is 0 Å². The number of benzene rings is 2. The van der Waals surface area contributed by atoms with E-state index in [4.69, 9.17) is 14.5 Å². The van der Waals surface area contributed by atoms with Crippen LogP contribution < -0.4 is 15.0 Å². The van der Waals surface area contributed by atoms with E-state index in [9.17, 15) is 9.59 Å². The van der Waals surface area contributed by atoms with Crippen LogP contribution in [0.1, 0.15) is 64.9 Å². The van der Waals surface area contributed by atoms with Crippen molar-refractivity contribution in [3.8, 4) is 28.3 Å². The van der Waals surface area contributed by atoms with Crippen LogP contribution in [0.2, 0.25) is 0 Å². The van der Waals surface area contributed by atoms with Gasteiger partial charge in [0.1, 0.15) is 11.3 Å². The summed E-state index contributed by atoms with van der Waals surface area (Å²) in [5.41, 5.74) is 4.46. The molecule has 2 heterocycles. The molecule has 2 fully saturated rings. The van der Waals surface area contributed by atoms with Crippen molar-refractivity contribution in [1.82, 2.24) is 10.3 Å². The van der Waals surface area contributed by atoms with Gasteiger partial charge < -0.3 is 19.7 Å². The molecule has 0 saturated heterocycles. The van der Waals surface area contributed by atoms with Crippen LogP contribution in [0.15, 0.2) is 60.7 Å². The van der Waals surface area contributed by atoms with Crippen LogP contribution in [0.5, 0.6) is 5.88 Å². The van der Waals surface area contributed by atoms with E-state index in [1.54, 1.807) is 0 Å². The number of aromatic nitrogens is 1. The molecule has 0 radical (unpaired) electrons. The molecule has 2 amide bonds. The SMILES string of the molecule is CC(C)(C)NC(=O)OC1(c2ccc(-c3nc4c(cc3-c3ccccc3)N(CC3CCC3)C(=O)CO4)cc2)CCC1. The quantitative estimate of drug-likeness (QED) is 0.371. The fourth-order valence-electron chi connectivity index (χ4n) is 5.71. The molecule has 2 saturated carbocycles. The van der Waals surface area contributed by atoms with Gasteiger partial charge in [-0.05, 0) is 76.0 Å². The van der Waals surface area contributed by atoms with Crippen molar-refractivity contribution >= 4 is 17.7 Å². The van der Waals surface area contributed by atoms with Gasteiger partial charge in [0.25, 0.3) is 5.91 Å². The fourth-order valence-corrected chi connectivity index (χ4v) is 5.71. The molecule has 3 aromatic rings. The Morgan fingerprint density at radius 1 is 1.05 bits per heavy atom. The average Bonchev–Trinajstić information content (AvgIpc) is 2.88. The Bertz CT molecular complexity index is 1400. The van der Waals surface area contributed by atoms with Gasteiger partial charge in [0.15, 0.2) is 6.61 Å². The third-order valence-corrected chi connectivity index (χ3v) is 8.25. The van der Waals surface area contributed by atoms with Crippen molar-refractivity contribution in [2.24, 2.45) is 5.92 Å². The van der Waals surface area contributed by atoms with Gasteiger partial charge in [-0.25, -0.2) is 9.78 Å². The second kappa shape index (κ2) is 10.3. The van der Waals surface area contributed by atoms with E-state index < -0.39 is 11.7 Å². The van der Waals surface area contributed by atoms with Gasteiger partial charge in [-0.1, -0.05) is 61.0 Å². The van der Waals surface area contributed by atoms with Crippen LogP contribution in [0.4, 0.5) is 10.5 Å². The van der Waals surface area contributed by atoms with Gasteiger partial charge in [-0.3, -0.25) is 4.79 Å². The molecular formula is C33H37N3O4. The van der Waals surface area contributed by atoms with E-state index in [0.717, 1.165) is 65.7 Å². The highest BCUT2D eigenvalue weighted by atomic mass is 16.6. The lowest BCUT2D eigenvalue weighted by molar-refractivity contribution is -0.121. The molecule has 0 spiro atoms. The first-order valence-corrected chi connectivity index (χ1v) is 14.4. The van der Waals surface area contributed by atoms with Gasteiger partial charge in [0, 0.05) is 23.2 Å². The normalized spacial score (nSPS) is 18.2. The summed E-state index contributed by atoms with van der Waals surface area (Å²) in [6, 6.07) is 20.4. The minimum atomic E-state index is -0.606. The predicted molar refractivity (Wildman–Crippen MR) is 155 cm³/mol. The smallest absolute Gasteiger partial charge is 0.408 e. The molecule has 3 aliphatic rings. The molecule has 0 bridgehead atoms. The number of rotatable bonds is 6. The number of nitrogens with one attached hydrogen (secondary N) is 1. The van der Waals surface area contributed by atoms with Crippen LogP contribution in [-0.4, -0.2) is 35.7 Å². The van der Waals surface area contributed by atoms with Gasteiger partial charge in [0.05, 0.1) is 5.69 Å².